The summed E-state index contributed by atoms with van der Waals surface area (Å²) in [5, 5.41) is 17.5. The van der Waals surface area contributed by atoms with Gasteiger partial charge in [0.1, 0.15) is 0 Å². The van der Waals surface area contributed by atoms with Gasteiger partial charge in [-0.05, 0) is 49.8 Å². The number of carbonyl (C=O) groups is 1. The molecule has 10 heteroatoms. The Morgan fingerprint density at radius 2 is 1.80 bits per heavy atom. The van der Waals surface area contributed by atoms with Crippen molar-refractivity contribution in [2.75, 3.05) is 6.54 Å². The van der Waals surface area contributed by atoms with E-state index in [0.29, 0.717) is 11.9 Å². The van der Waals surface area contributed by atoms with Crippen LogP contribution in [0.15, 0.2) is 48.9 Å². The minimum absolute atomic E-state index is 0.150. The molecule has 0 bridgehead atoms. The fourth-order valence-corrected chi connectivity index (χ4v) is 4.51. The topological polar surface area (TPSA) is 92.9 Å². The lowest BCUT2D eigenvalue weighted by Gasteiger charge is -2.28. The van der Waals surface area contributed by atoms with Gasteiger partial charge in [0.05, 0.1) is 17.1 Å². The van der Waals surface area contributed by atoms with E-state index in [2.05, 4.69) is 15.3 Å². The number of hydrogen-bond donors (Lipinski definition) is 2. The van der Waals surface area contributed by atoms with Gasteiger partial charge < -0.3 is 10.4 Å². The molecule has 4 aromatic rings. The molecule has 1 saturated carbocycles. The average Bonchev–Trinajstić information content (AvgIpc) is 3.32. The van der Waals surface area contributed by atoms with E-state index < -0.39 is 34.7 Å². The van der Waals surface area contributed by atoms with Crippen molar-refractivity contribution in [3.8, 4) is 17.1 Å². The Labute approximate surface area is 198 Å². The highest BCUT2D eigenvalue weighted by molar-refractivity contribution is 5.94. The number of amides is 1. The minimum atomic E-state index is -1.77. The summed E-state index contributed by atoms with van der Waals surface area (Å²) < 4.78 is 43.0. The van der Waals surface area contributed by atoms with Crippen LogP contribution in [0.25, 0.3) is 22.3 Å². The monoisotopic (exact) mass is 481 g/mol. The molecule has 2 aromatic heterocycles. The van der Waals surface area contributed by atoms with Gasteiger partial charge in [0.25, 0.3) is 5.91 Å². The van der Waals surface area contributed by atoms with E-state index in [1.807, 2.05) is 29.1 Å². The van der Waals surface area contributed by atoms with Gasteiger partial charge in [-0.15, -0.1) is 0 Å². The quantitative estimate of drug-likeness (QED) is 0.401. The summed E-state index contributed by atoms with van der Waals surface area (Å²) in [5.74, 6) is -6.29. The number of halogens is 3. The first-order chi connectivity index (χ1) is 16.9. The lowest BCUT2D eigenvalue weighted by Crippen LogP contribution is -2.32. The number of benzene rings is 2. The van der Waals surface area contributed by atoms with Gasteiger partial charge in [0.2, 0.25) is 5.82 Å². The lowest BCUT2D eigenvalue weighted by molar-refractivity contribution is 0.0935. The predicted molar refractivity (Wildman–Crippen MR) is 122 cm³/mol. The predicted octanol–water partition coefficient (Wildman–Crippen LogP) is 4.78. The maximum atomic E-state index is 13.9. The minimum Gasteiger partial charge on any atom is -0.503 e. The van der Waals surface area contributed by atoms with Crippen LogP contribution in [-0.2, 0) is 0 Å². The molecule has 1 aliphatic rings. The third kappa shape index (κ3) is 4.55. The zero-order valence-electron chi connectivity index (χ0n) is 18.6. The highest BCUT2D eigenvalue weighted by Crippen LogP contribution is 2.33. The second-order valence-corrected chi connectivity index (χ2v) is 8.72. The van der Waals surface area contributed by atoms with Crippen LogP contribution in [0.1, 0.15) is 42.1 Å². The Morgan fingerprint density at radius 1 is 1.06 bits per heavy atom. The fraction of sp³-hybridized carbons (Fsp3) is 0.280. The summed E-state index contributed by atoms with van der Waals surface area (Å²) in [6.07, 6.45) is 8.73. The number of hydrogen-bond acceptors (Lipinski definition) is 5. The van der Waals surface area contributed by atoms with Gasteiger partial charge in [-0.3, -0.25) is 9.48 Å². The van der Waals surface area contributed by atoms with Crippen LogP contribution < -0.4 is 5.32 Å². The zero-order valence-corrected chi connectivity index (χ0v) is 18.6. The Hall–Kier alpha value is -3.95. The van der Waals surface area contributed by atoms with Crippen molar-refractivity contribution >= 4 is 16.8 Å². The Morgan fingerprint density at radius 3 is 2.54 bits per heavy atom. The fourth-order valence-electron chi connectivity index (χ4n) is 4.51. The lowest BCUT2D eigenvalue weighted by atomic mass is 9.86. The standard InChI is InChI=1S/C25H22F3N5O2/c26-19-11-18(21(27)22(28)23(19)34)25(35)31-12-14-2-6-17(7-3-14)33-13-16-5-4-15(10-20(16)32-33)24-29-8-1-9-30-24/h1,4-5,8-11,13-14,17,34H,2-3,6-7,12H2,(H,31,35). The Kier molecular flexibility index (Phi) is 6.10. The van der Waals surface area contributed by atoms with Crippen LogP contribution in [0.4, 0.5) is 13.2 Å². The first-order valence-corrected chi connectivity index (χ1v) is 11.3. The summed E-state index contributed by atoms with van der Waals surface area (Å²) in [5.41, 5.74) is 0.988. The second kappa shape index (κ2) is 9.36. The van der Waals surface area contributed by atoms with E-state index in [4.69, 9.17) is 10.2 Å². The van der Waals surface area contributed by atoms with E-state index >= 15 is 0 Å². The van der Waals surface area contributed by atoms with E-state index in [9.17, 15) is 18.0 Å². The molecule has 180 valence electrons. The van der Waals surface area contributed by atoms with Crippen LogP contribution in [0, 0.1) is 23.4 Å². The van der Waals surface area contributed by atoms with Crippen molar-refractivity contribution in [3.05, 3.63) is 71.9 Å². The molecule has 1 fully saturated rings. The molecule has 1 amide bonds. The van der Waals surface area contributed by atoms with E-state index in [1.165, 1.54) is 0 Å². The molecule has 7 nitrogen and oxygen atoms in total. The Balaban J connectivity index is 1.19. The number of rotatable bonds is 5. The molecule has 35 heavy (non-hydrogen) atoms. The molecule has 0 radical (unpaired) electrons. The van der Waals surface area contributed by atoms with Crippen LogP contribution in [0.5, 0.6) is 5.75 Å². The zero-order chi connectivity index (χ0) is 24.5. The van der Waals surface area contributed by atoms with Crippen molar-refractivity contribution < 1.29 is 23.1 Å². The first-order valence-electron chi connectivity index (χ1n) is 11.3. The number of phenols is 1. The van der Waals surface area contributed by atoms with Gasteiger partial charge in [-0.1, -0.05) is 12.1 Å². The van der Waals surface area contributed by atoms with Crippen LogP contribution in [-0.4, -0.2) is 37.3 Å². The molecule has 0 saturated heterocycles. The van der Waals surface area contributed by atoms with Gasteiger partial charge in [0, 0.05) is 36.1 Å². The highest BCUT2D eigenvalue weighted by atomic mass is 19.2. The summed E-state index contributed by atoms with van der Waals surface area (Å²) >= 11 is 0. The van der Waals surface area contributed by atoms with Crippen molar-refractivity contribution in [1.29, 1.82) is 0 Å². The number of nitrogens with one attached hydrogen (secondary N) is 1. The SMILES string of the molecule is O=C(NCC1CCC(n2cc3ccc(-c4ncccn4)cc3n2)CC1)c1cc(F)c(O)c(F)c1F. The van der Waals surface area contributed by atoms with Crippen molar-refractivity contribution in [3.63, 3.8) is 0 Å². The molecule has 2 aromatic carbocycles. The molecular formula is C25H22F3N5O2. The molecule has 2 N–H and O–H groups in total. The molecule has 1 aliphatic carbocycles. The van der Waals surface area contributed by atoms with Gasteiger partial charge >= 0.3 is 0 Å². The van der Waals surface area contributed by atoms with Crippen LogP contribution in [0.2, 0.25) is 0 Å². The molecule has 0 spiro atoms. The summed E-state index contributed by atoms with van der Waals surface area (Å²) in [7, 11) is 0. The normalized spacial score (nSPS) is 18.0. The number of nitrogens with zero attached hydrogens (tertiary/aromatic N) is 4. The van der Waals surface area contributed by atoms with Crippen LogP contribution >= 0.6 is 0 Å². The molecular weight excluding hydrogens is 459 g/mol. The van der Waals surface area contributed by atoms with E-state index in [0.717, 1.165) is 42.1 Å². The third-order valence-electron chi connectivity index (χ3n) is 6.47. The number of carbonyl (C=O) groups excluding carboxylic acids is 1. The van der Waals surface area contributed by atoms with Crippen molar-refractivity contribution in [1.82, 2.24) is 25.1 Å². The maximum absolute atomic E-state index is 13.9. The number of fused-ring (bicyclic) bond motifs is 1. The number of phenolic OH excluding ortho intramolecular Hbond substituents is 1. The molecule has 0 unspecified atom stereocenters. The van der Waals surface area contributed by atoms with Gasteiger partial charge in [-0.25, -0.2) is 18.7 Å². The molecule has 0 aliphatic heterocycles. The molecule has 0 atom stereocenters. The van der Waals surface area contributed by atoms with Gasteiger partial charge in [-0.2, -0.15) is 9.49 Å². The largest absolute Gasteiger partial charge is 0.503 e. The highest BCUT2D eigenvalue weighted by Gasteiger charge is 2.26. The van der Waals surface area contributed by atoms with Crippen molar-refractivity contribution in [2.24, 2.45) is 5.92 Å². The van der Waals surface area contributed by atoms with E-state index in [-0.39, 0.29) is 18.5 Å². The smallest absolute Gasteiger partial charge is 0.254 e. The first kappa shape index (κ1) is 22.8. The number of aromatic hydroxyl groups is 1. The summed E-state index contributed by atoms with van der Waals surface area (Å²) in [6.45, 7) is 0.261. The maximum Gasteiger partial charge on any atom is 0.254 e. The van der Waals surface area contributed by atoms with Crippen LogP contribution in [0.3, 0.4) is 0 Å². The summed E-state index contributed by atoms with van der Waals surface area (Å²) in [4.78, 5) is 20.8. The third-order valence-corrected chi connectivity index (χ3v) is 6.47. The summed E-state index contributed by atoms with van der Waals surface area (Å²) in [6, 6.07) is 8.42. The van der Waals surface area contributed by atoms with Gasteiger partial charge in [0.15, 0.2) is 23.2 Å². The second-order valence-electron chi connectivity index (χ2n) is 8.72. The van der Waals surface area contributed by atoms with Crippen molar-refractivity contribution in [2.45, 2.75) is 31.7 Å². The number of aromatic nitrogens is 4. The molecule has 5 rings (SSSR count). The average molecular weight is 481 g/mol. The Bertz CT molecular complexity index is 1390. The van der Waals surface area contributed by atoms with E-state index in [1.54, 1.807) is 18.5 Å². The molecule has 2 heterocycles.